The molecule has 202 valence electrons. The van der Waals surface area contributed by atoms with Crippen LogP contribution in [0.25, 0.3) is 17.0 Å². The van der Waals surface area contributed by atoms with E-state index in [4.69, 9.17) is 11.6 Å². The molecule has 0 unspecified atom stereocenters. The molecule has 0 aliphatic rings. The van der Waals surface area contributed by atoms with Crippen molar-refractivity contribution in [3.63, 3.8) is 0 Å². The Labute approximate surface area is 233 Å². The highest BCUT2D eigenvalue weighted by Gasteiger charge is 2.07. The number of benzene rings is 2. The minimum absolute atomic E-state index is 0.110. The van der Waals surface area contributed by atoms with Crippen LogP contribution in [0.1, 0.15) is 74.6 Å². The molecule has 0 bridgehead atoms. The lowest BCUT2D eigenvalue weighted by molar-refractivity contribution is 0.102. The molecule has 2 N–H and O–H groups in total. The van der Waals surface area contributed by atoms with Crippen LogP contribution in [0.4, 0.5) is 5.69 Å². The molecule has 0 saturated heterocycles. The third kappa shape index (κ3) is 11.1. The van der Waals surface area contributed by atoms with Crippen molar-refractivity contribution >= 4 is 28.8 Å². The predicted molar refractivity (Wildman–Crippen MR) is 164 cm³/mol. The summed E-state index contributed by atoms with van der Waals surface area (Å²) in [6, 6.07) is 16.8. The predicted octanol–water partition coefficient (Wildman–Crippen LogP) is 9.55. The molecular formula is C32H41ClN4O. The third-order valence-electron chi connectivity index (χ3n) is 5.34. The zero-order valence-corrected chi connectivity index (χ0v) is 24.5. The smallest absolute Gasteiger partial charge is 0.255 e. The number of imidazole rings is 1. The van der Waals surface area contributed by atoms with E-state index in [0.29, 0.717) is 11.3 Å². The molecule has 1 amide bonds. The van der Waals surface area contributed by atoms with E-state index in [9.17, 15) is 4.79 Å². The van der Waals surface area contributed by atoms with Crippen LogP contribution in [0.5, 0.6) is 0 Å². The molecule has 38 heavy (non-hydrogen) atoms. The molecule has 0 spiro atoms. The summed E-state index contributed by atoms with van der Waals surface area (Å²) in [5.41, 5.74) is 6.62. The fourth-order valence-corrected chi connectivity index (χ4v) is 2.94. The van der Waals surface area contributed by atoms with Crippen LogP contribution in [-0.2, 0) is 0 Å². The lowest BCUT2D eigenvalue weighted by Crippen LogP contribution is -2.12. The summed E-state index contributed by atoms with van der Waals surface area (Å²) in [5, 5.41) is 3.53. The average Bonchev–Trinajstić information content (AvgIpc) is 3.44. The molecule has 2 heterocycles. The number of nitrogens with zero attached hydrogens (tertiary/aromatic N) is 2. The molecule has 0 aliphatic carbocycles. The maximum absolute atomic E-state index is 11.9. The number of aromatic amines is 1. The first-order valence-corrected chi connectivity index (χ1v) is 13.4. The zero-order valence-electron chi connectivity index (χ0n) is 23.7. The van der Waals surface area contributed by atoms with Crippen molar-refractivity contribution in [1.82, 2.24) is 15.0 Å². The number of aryl methyl sites for hydroxylation is 2. The number of carbonyl (C=O) groups excluding carboxylic acids is 1. The van der Waals surface area contributed by atoms with Gasteiger partial charge in [-0.1, -0.05) is 64.8 Å². The molecular weight excluding hydrogens is 492 g/mol. The van der Waals surface area contributed by atoms with E-state index in [1.54, 1.807) is 24.7 Å². The van der Waals surface area contributed by atoms with Gasteiger partial charge in [0, 0.05) is 22.3 Å². The minimum Gasteiger partial charge on any atom is -0.338 e. The highest BCUT2D eigenvalue weighted by atomic mass is 35.5. The van der Waals surface area contributed by atoms with Crippen molar-refractivity contribution in [3.05, 3.63) is 107 Å². The molecule has 0 aliphatic heterocycles. The summed E-state index contributed by atoms with van der Waals surface area (Å²) >= 11 is 5.81. The van der Waals surface area contributed by atoms with Gasteiger partial charge < -0.3 is 10.3 Å². The number of allylic oxidation sites excluding steroid dienone is 1. The highest BCUT2D eigenvalue weighted by molar-refractivity contribution is 6.30. The molecule has 0 atom stereocenters. The van der Waals surface area contributed by atoms with E-state index < -0.39 is 0 Å². The Morgan fingerprint density at radius 2 is 1.63 bits per heavy atom. The average molecular weight is 533 g/mol. The molecule has 2 aromatic carbocycles. The van der Waals surface area contributed by atoms with E-state index >= 15 is 0 Å². The van der Waals surface area contributed by atoms with Gasteiger partial charge in [0.15, 0.2) is 0 Å². The molecule has 4 aromatic rings. The second-order valence-electron chi connectivity index (χ2n) is 8.43. The molecule has 0 saturated carbocycles. The fourth-order valence-electron chi connectivity index (χ4n) is 2.82. The topological polar surface area (TPSA) is 70.7 Å². The first-order chi connectivity index (χ1) is 18.2. The van der Waals surface area contributed by atoms with Crippen LogP contribution in [0.3, 0.4) is 0 Å². The van der Waals surface area contributed by atoms with E-state index in [1.807, 2.05) is 83.1 Å². The first kappa shape index (κ1) is 32.3. The number of H-pyrrole nitrogens is 1. The monoisotopic (exact) mass is 532 g/mol. The van der Waals surface area contributed by atoms with Crippen molar-refractivity contribution in [2.45, 2.75) is 61.3 Å². The maximum Gasteiger partial charge on any atom is 0.255 e. The number of hydrogen-bond acceptors (Lipinski definition) is 3. The number of rotatable bonds is 5. The Morgan fingerprint density at radius 3 is 2.13 bits per heavy atom. The van der Waals surface area contributed by atoms with E-state index in [1.165, 1.54) is 18.4 Å². The van der Waals surface area contributed by atoms with Crippen molar-refractivity contribution in [2.24, 2.45) is 0 Å². The van der Waals surface area contributed by atoms with Crippen molar-refractivity contribution in [1.29, 1.82) is 0 Å². The van der Waals surface area contributed by atoms with Crippen LogP contribution in [0.2, 0.25) is 5.02 Å². The second-order valence-corrected chi connectivity index (χ2v) is 8.86. The van der Waals surface area contributed by atoms with Gasteiger partial charge in [-0.2, -0.15) is 0 Å². The SMILES string of the molecule is C=C(C)c1cnc(-c2ccc(Cl)cc2)[nH]1.CC.CCCC.Cc1ccc(C(=O)Nc2cccnc2)cc1C. The van der Waals surface area contributed by atoms with Gasteiger partial charge in [-0.15, -0.1) is 0 Å². The number of halogens is 1. The molecule has 0 fully saturated rings. The number of aromatic nitrogens is 3. The maximum atomic E-state index is 11.9. The lowest BCUT2D eigenvalue weighted by Gasteiger charge is -2.06. The van der Waals surface area contributed by atoms with Crippen LogP contribution >= 0.6 is 11.6 Å². The Hall–Kier alpha value is -3.70. The minimum atomic E-state index is -0.110. The Kier molecular flexibility index (Phi) is 15.1. The lowest BCUT2D eigenvalue weighted by atomic mass is 10.1. The standard InChI is InChI=1S/C14H14N2O.C12H11ClN2.C4H10.C2H6/c1-10-5-6-12(8-11(10)2)14(17)16-13-4-3-7-15-9-13;1-8(2)11-7-14-12(15-11)9-3-5-10(13)6-4-9;1-3-4-2;1-2/h3-9H,1-2H3,(H,16,17);3-7H,1H2,2H3,(H,14,15);3-4H2,1-2H3;1-2H3. The molecule has 6 heteroatoms. The van der Waals surface area contributed by atoms with Gasteiger partial charge in [0.1, 0.15) is 5.82 Å². The summed E-state index contributed by atoms with van der Waals surface area (Å²) in [4.78, 5) is 23.4. The number of pyridine rings is 1. The van der Waals surface area contributed by atoms with Gasteiger partial charge in [0.05, 0.1) is 23.8 Å². The summed E-state index contributed by atoms with van der Waals surface area (Å²) in [7, 11) is 0. The van der Waals surface area contributed by atoms with Gasteiger partial charge in [-0.25, -0.2) is 4.98 Å². The van der Waals surface area contributed by atoms with Crippen LogP contribution < -0.4 is 5.32 Å². The highest BCUT2D eigenvalue weighted by Crippen LogP contribution is 2.20. The number of nitrogens with one attached hydrogen (secondary N) is 2. The van der Waals surface area contributed by atoms with E-state index in [2.05, 4.69) is 40.7 Å². The Balaban J connectivity index is 0.000000317. The number of hydrogen-bond donors (Lipinski definition) is 2. The van der Waals surface area contributed by atoms with E-state index in [0.717, 1.165) is 33.2 Å². The second kappa shape index (κ2) is 17.7. The van der Waals surface area contributed by atoms with Crippen LogP contribution in [0.15, 0.2) is 79.8 Å². The van der Waals surface area contributed by atoms with Crippen molar-refractivity contribution in [2.75, 3.05) is 5.32 Å². The largest absolute Gasteiger partial charge is 0.338 e. The van der Waals surface area contributed by atoms with Crippen LogP contribution in [-0.4, -0.2) is 20.9 Å². The molecule has 4 rings (SSSR count). The summed E-state index contributed by atoms with van der Waals surface area (Å²) < 4.78 is 0. The number of carbonyl (C=O) groups is 1. The normalized spacial score (nSPS) is 9.47. The Morgan fingerprint density at radius 1 is 0.974 bits per heavy atom. The van der Waals surface area contributed by atoms with E-state index in [-0.39, 0.29) is 5.91 Å². The molecule has 0 radical (unpaired) electrons. The van der Waals surface area contributed by atoms with Crippen molar-refractivity contribution < 1.29 is 4.79 Å². The first-order valence-electron chi connectivity index (χ1n) is 13.0. The van der Waals surface area contributed by atoms with Gasteiger partial charge in [0.2, 0.25) is 0 Å². The van der Waals surface area contributed by atoms with Gasteiger partial charge >= 0.3 is 0 Å². The van der Waals surface area contributed by atoms with Gasteiger partial charge in [0.25, 0.3) is 5.91 Å². The number of amides is 1. The number of anilines is 1. The van der Waals surface area contributed by atoms with Crippen LogP contribution in [0, 0.1) is 13.8 Å². The summed E-state index contributed by atoms with van der Waals surface area (Å²) in [5.74, 6) is 0.728. The van der Waals surface area contributed by atoms with Crippen molar-refractivity contribution in [3.8, 4) is 11.4 Å². The summed E-state index contributed by atoms with van der Waals surface area (Å²) in [6.07, 6.45) is 7.72. The quantitative estimate of drug-likeness (QED) is 0.269. The number of unbranched alkanes of at least 4 members (excludes halogenated alkanes) is 1. The zero-order chi connectivity index (χ0) is 28.5. The Bertz CT molecular complexity index is 1250. The molecule has 2 aromatic heterocycles. The third-order valence-corrected chi connectivity index (χ3v) is 5.59. The van der Waals surface area contributed by atoms with Gasteiger partial charge in [-0.05, 0) is 86.0 Å². The fraction of sp³-hybridized carbons (Fsp3) is 0.281. The molecule has 5 nitrogen and oxygen atoms in total. The summed E-state index contributed by atoms with van der Waals surface area (Å²) in [6.45, 7) is 18.2. The van der Waals surface area contributed by atoms with Gasteiger partial charge in [-0.3, -0.25) is 9.78 Å².